The molecule has 1 N–H and O–H groups in total. The van der Waals surface area contributed by atoms with E-state index in [4.69, 9.17) is 4.74 Å². The van der Waals surface area contributed by atoms with Gasteiger partial charge in [-0.1, -0.05) is 6.07 Å². The molecule has 1 unspecified atom stereocenters. The lowest BCUT2D eigenvalue weighted by Gasteiger charge is -2.31. The van der Waals surface area contributed by atoms with E-state index in [0.717, 1.165) is 17.7 Å². The number of hydrogen-bond acceptors (Lipinski definition) is 3. The van der Waals surface area contributed by atoms with Gasteiger partial charge in [0, 0.05) is 6.54 Å². The third-order valence-electron chi connectivity index (χ3n) is 3.04. The van der Waals surface area contributed by atoms with Crippen LogP contribution in [-0.2, 0) is 4.79 Å². The smallest absolute Gasteiger partial charge is 0.255 e. The van der Waals surface area contributed by atoms with Gasteiger partial charge in [0.25, 0.3) is 5.91 Å². The predicted octanol–water partition coefficient (Wildman–Crippen LogP) is 1.49. The first kappa shape index (κ1) is 11.9. The Morgan fingerprint density at radius 2 is 2.24 bits per heavy atom. The Labute approximate surface area is 101 Å². The van der Waals surface area contributed by atoms with Crippen molar-refractivity contribution in [3.8, 4) is 5.75 Å². The zero-order valence-corrected chi connectivity index (χ0v) is 10.1. The highest BCUT2D eigenvalue weighted by atomic mass is 16.5. The Morgan fingerprint density at radius 1 is 1.47 bits per heavy atom. The van der Waals surface area contributed by atoms with E-state index in [1.807, 2.05) is 25.1 Å². The maximum Gasteiger partial charge on any atom is 0.255 e. The average Bonchev–Trinajstić information content (AvgIpc) is 2.33. The van der Waals surface area contributed by atoms with Crippen LogP contribution in [0.2, 0.25) is 0 Å². The summed E-state index contributed by atoms with van der Waals surface area (Å²) < 4.78 is 5.26. The Kier molecular flexibility index (Phi) is 3.33. The van der Waals surface area contributed by atoms with Crippen LogP contribution < -0.4 is 9.64 Å². The van der Waals surface area contributed by atoms with Crippen molar-refractivity contribution in [1.82, 2.24) is 0 Å². The molecule has 4 heteroatoms. The van der Waals surface area contributed by atoms with Crippen molar-refractivity contribution in [3.63, 3.8) is 0 Å². The summed E-state index contributed by atoms with van der Waals surface area (Å²) in [6, 6.07) is 5.70. The number of piperidine rings is 1. The first-order valence-electron chi connectivity index (χ1n) is 5.77. The summed E-state index contributed by atoms with van der Waals surface area (Å²) in [6.45, 7) is 2.60. The molecule has 1 amide bonds. The summed E-state index contributed by atoms with van der Waals surface area (Å²) in [5.74, 6) is 0.429. The maximum absolute atomic E-state index is 11.9. The van der Waals surface area contributed by atoms with Crippen LogP contribution in [0.1, 0.15) is 18.4 Å². The van der Waals surface area contributed by atoms with Crippen molar-refractivity contribution in [2.45, 2.75) is 25.9 Å². The van der Waals surface area contributed by atoms with Gasteiger partial charge >= 0.3 is 0 Å². The molecule has 0 aliphatic carbocycles. The summed E-state index contributed by atoms with van der Waals surface area (Å²) in [7, 11) is 1.58. The van der Waals surface area contributed by atoms with Gasteiger partial charge in [0.2, 0.25) is 0 Å². The van der Waals surface area contributed by atoms with E-state index in [1.165, 1.54) is 0 Å². The minimum Gasteiger partial charge on any atom is -0.495 e. The van der Waals surface area contributed by atoms with Crippen LogP contribution in [0.15, 0.2) is 18.2 Å². The van der Waals surface area contributed by atoms with E-state index >= 15 is 0 Å². The lowest BCUT2D eigenvalue weighted by molar-refractivity contribution is -0.128. The van der Waals surface area contributed by atoms with Gasteiger partial charge in [0.1, 0.15) is 11.9 Å². The molecule has 1 aliphatic rings. The molecule has 0 saturated carbocycles. The summed E-state index contributed by atoms with van der Waals surface area (Å²) in [6.07, 6.45) is 0.474. The molecule has 1 heterocycles. The van der Waals surface area contributed by atoms with Crippen LogP contribution in [0.3, 0.4) is 0 Å². The number of aliphatic hydroxyl groups is 1. The second kappa shape index (κ2) is 4.75. The van der Waals surface area contributed by atoms with E-state index in [1.54, 1.807) is 12.0 Å². The fourth-order valence-corrected chi connectivity index (χ4v) is 2.11. The standard InChI is InChI=1S/C13H17NO3/c1-9-5-6-12(17-2)10(8-9)14-7-3-4-11(15)13(14)16/h5-6,8,11,15H,3-4,7H2,1-2H3. The lowest BCUT2D eigenvalue weighted by atomic mass is 10.1. The van der Waals surface area contributed by atoms with E-state index in [9.17, 15) is 9.90 Å². The highest BCUT2D eigenvalue weighted by molar-refractivity contribution is 5.98. The predicted molar refractivity (Wildman–Crippen MR) is 65.3 cm³/mol. The Balaban J connectivity index is 2.38. The zero-order valence-electron chi connectivity index (χ0n) is 10.1. The number of anilines is 1. The van der Waals surface area contributed by atoms with Crippen LogP contribution in [0.5, 0.6) is 5.75 Å². The van der Waals surface area contributed by atoms with Crippen molar-refractivity contribution >= 4 is 11.6 Å². The quantitative estimate of drug-likeness (QED) is 0.845. The van der Waals surface area contributed by atoms with Crippen LogP contribution in [0.25, 0.3) is 0 Å². The SMILES string of the molecule is COc1ccc(C)cc1N1CCCC(O)C1=O. The molecule has 1 aromatic carbocycles. The molecule has 0 aromatic heterocycles. The Hall–Kier alpha value is -1.55. The van der Waals surface area contributed by atoms with Gasteiger partial charge in [-0.3, -0.25) is 4.79 Å². The largest absolute Gasteiger partial charge is 0.495 e. The second-order valence-electron chi connectivity index (χ2n) is 4.32. The van der Waals surface area contributed by atoms with Crippen molar-refractivity contribution < 1.29 is 14.6 Å². The molecule has 17 heavy (non-hydrogen) atoms. The fourth-order valence-electron chi connectivity index (χ4n) is 2.11. The van der Waals surface area contributed by atoms with Crippen LogP contribution >= 0.6 is 0 Å². The molecule has 92 valence electrons. The van der Waals surface area contributed by atoms with Crippen molar-refractivity contribution in [3.05, 3.63) is 23.8 Å². The van der Waals surface area contributed by atoms with Gasteiger partial charge in [-0.05, 0) is 37.5 Å². The van der Waals surface area contributed by atoms with Crippen LogP contribution in [0, 0.1) is 6.92 Å². The van der Waals surface area contributed by atoms with Crippen LogP contribution in [-0.4, -0.2) is 30.8 Å². The molecule has 0 spiro atoms. The Morgan fingerprint density at radius 3 is 2.94 bits per heavy atom. The average molecular weight is 235 g/mol. The fraction of sp³-hybridized carbons (Fsp3) is 0.462. The van der Waals surface area contributed by atoms with Gasteiger partial charge < -0.3 is 14.7 Å². The minimum absolute atomic E-state index is 0.236. The highest BCUT2D eigenvalue weighted by Gasteiger charge is 2.29. The highest BCUT2D eigenvalue weighted by Crippen LogP contribution is 2.31. The van der Waals surface area contributed by atoms with Gasteiger partial charge in [-0.25, -0.2) is 0 Å². The first-order chi connectivity index (χ1) is 8.13. The molecule has 2 rings (SSSR count). The van der Waals surface area contributed by atoms with Gasteiger partial charge in [-0.15, -0.1) is 0 Å². The molecular formula is C13H17NO3. The number of aryl methyl sites for hydroxylation is 1. The molecule has 0 radical (unpaired) electrons. The number of methoxy groups -OCH3 is 1. The van der Waals surface area contributed by atoms with Gasteiger partial charge in [0.05, 0.1) is 12.8 Å². The number of carbonyl (C=O) groups excluding carboxylic acids is 1. The Bertz CT molecular complexity index is 431. The third-order valence-corrected chi connectivity index (χ3v) is 3.04. The minimum atomic E-state index is -0.881. The molecule has 1 atom stereocenters. The third kappa shape index (κ3) is 2.26. The number of benzene rings is 1. The summed E-state index contributed by atoms with van der Waals surface area (Å²) in [5, 5.41) is 9.61. The van der Waals surface area contributed by atoms with Gasteiger partial charge in [-0.2, -0.15) is 0 Å². The number of nitrogens with zero attached hydrogens (tertiary/aromatic N) is 1. The summed E-state index contributed by atoms with van der Waals surface area (Å²) in [4.78, 5) is 13.5. The molecule has 1 fully saturated rings. The topological polar surface area (TPSA) is 49.8 Å². The first-order valence-corrected chi connectivity index (χ1v) is 5.77. The number of amides is 1. The van der Waals surface area contributed by atoms with Gasteiger partial charge in [0.15, 0.2) is 0 Å². The number of rotatable bonds is 2. The van der Waals surface area contributed by atoms with Crippen molar-refractivity contribution in [2.75, 3.05) is 18.6 Å². The molecule has 1 aromatic rings. The molecular weight excluding hydrogens is 218 g/mol. The van der Waals surface area contributed by atoms with Crippen molar-refractivity contribution in [2.24, 2.45) is 0 Å². The molecule has 1 aliphatic heterocycles. The lowest BCUT2D eigenvalue weighted by Crippen LogP contribution is -2.44. The summed E-state index contributed by atoms with van der Waals surface area (Å²) >= 11 is 0. The number of aliphatic hydroxyl groups excluding tert-OH is 1. The van der Waals surface area contributed by atoms with Crippen LogP contribution in [0.4, 0.5) is 5.69 Å². The number of hydrogen-bond donors (Lipinski definition) is 1. The maximum atomic E-state index is 11.9. The monoisotopic (exact) mass is 235 g/mol. The van der Waals surface area contributed by atoms with E-state index in [2.05, 4.69) is 0 Å². The summed E-state index contributed by atoms with van der Waals surface area (Å²) in [5.41, 5.74) is 1.81. The normalized spacial score (nSPS) is 20.5. The second-order valence-corrected chi connectivity index (χ2v) is 4.32. The number of carbonyl (C=O) groups is 1. The molecule has 4 nitrogen and oxygen atoms in total. The van der Waals surface area contributed by atoms with E-state index in [-0.39, 0.29) is 5.91 Å². The van der Waals surface area contributed by atoms with E-state index < -0.39 is 6.10 Å². The van der Waals surface area contributed by atoms with Crippen molar-refractivity contribution in [1.29, 1.82) is 0 Å². The zero-order chi connectivity index (χ0) is 12.4. The van der Waals surface area contributed by atoms with E-state index in [0.29, 0.717) is 18.7 Å². The molecule has 0 bridgehead atoms. The number of ether oxygens (including phenoxy) is 1. The molecule has 1 saturated heterocycles.